The number of hydrogen-bond acceptors (Lipinski definition) is 3. The molecule has 1 amide bonds. The van der Waals surface area contributed by atoms with Crippen LogP contribution in [-0.4, -0.2) is 15.7 Å². The van der Waals surface area contributed by atoms with E-state index in [0.717, 1.165) is 16.5 Å². The maximum Gasteiger partial charge on any atom is 0.269 e. The summed E-state index contributed by atoms with van der Waals surface area (Å²) < 4.78 is 1.77. The molecule has 0 spiro atoms. The summed E-state index contributed by atoms with van der Waals surface area (Å²) in [4.78, 5) is 11.5. The Bertz CT molecular complexity index is 791. The Morgan fingerprint density at radius 2 is 1.95 bits per heavy atom. The van der Waals surface area contributed by atoms with Crippen LogP contribution in [0, 0.1) is 0 Å². The van der Waals surface area contributed by atoms with Crippen molar-refractivity contribution in [2.75, 3.05) is 5.73 Å². The number of para-hydroxylation sites is 1. The van der Waals surface area contributed by atoms with E-state index in [9.17, 15) is 4.79 Å². The van der Waals surface area contributed by atoms with Crippen molar-refractivity contribution < 1.29 is 4.79 Å². The molecule has 1 aromatic heterocycles. The number of amides is 1. The Kier molecular flexibility index (Phi) is 2.87. The summed E-state index contributed by atoms with van der Waals surface area (Å²) in [5, 5.41) is 5.08. The van der Waals surface area contributed by atoms with E-state index in [4.69, 9.17) is 11.5 Å². The molecule has 0 atom stereocenters. The molecule has 3 rings (SSSR count). The first-order valence-corrected chi connectivity index (χ1v) is 6.25. The molecule has 0 fully saturated rings. The van der Waals surface area contributed by atoms with Gasteiger partial charge >= 0.3 is 0 Å². The zero-order valence-electron chi connectivity index (χ0n) is 10.8. The van der Waals surface area contributed by atoms with Gasteiger partial charge in [-0.15, -0.1) is 0 Å². The predicted octanol–water partition coefficient (Wildman–Crippen LogP) is 1.77. The summed E-state index contributed by atoms with van der Waals surface area (Å²) in [6.07, 6.45) is 0. The Morgan fingerprint density at radius 1 is 1.15 bits per heavy atom. The molecule has 0 unspecified atom stereocenters. The third kappa shape index (κ3) is 2.09. The largest absolute Gasteiger partial charge is 0.399 e. The molecule has 0 aliphatic rings. The van der Waals surface area contributed by atoms with Crippen LogP contribution in [0.3, 0.4) is 0 Å². The van der Waals surface area contributed by atoms with Gasteiger partial charge in [0.05, 0.1) is 12.1 Å². The highest BCUT2D eigenvalue weighted by Gasteiger charge is 2.14. The maximum atomic E-state index is 11.5. The fourth-order valence-corrected chi connectivity index (χ4v) is 2.29. The van der Waals surface area contributed by atoms with Crippen LogP contribution in [0.1, 0.15) is 16.1 Å². The van der Waals surface area contributed by atoms with Gasteiger partial charge in [0.15, 0.2) is 5.69 Å². The van der Waals surface area contributed by atoms with Crippen molar-refractivity contribution in [3.8, 4) is 0 Å². The topological polar surface area (TPSA) is 86.9 Å². The van der Waals surface area contributed by atoms with Crippen molar-refractivity contribution in [3.05, 3.63) is 59.8 Å². The molecule has 1 heterocycles. The van der Waals surface area contributed by atoms with Crippen LogP contribution >= 0.6 is 0 Å². The lowest BCUT2D eigenvalue weighted by Gasteiger charge is -2.04. The molecule has 0 aliphatic carbocycles. The Hall–Kier alpha value is -2.82. The van der Waals surface area contributed by atoms with Gasteiger partial charge in [-0.05, 0) is 23.8 Å². The maximum absolute atomic E-state index is 11.5. The molecule has 0 saturated carbocycles. The zero-order chi connectivity index (χ0) is 14.1. The molecule has 100 valence electrons. The molecule has 0 radical (unpaired) electrons. The standard InChI is InChI=1S/C15H14N4O/c16-11-5-3-4-10(8-11)9-19-13-7-2-1-6-12(13)14(18-19)15(17)20/h1-8H,9,16H2,(H2,17,20). The predicted molar refractivity (Wildman–Crippen MR) is 78.2 cm³/mol. The molecule has 0 aliphatic heterocycles. The third-order valence-corrected chi connectivity index (χ3v) is 3.17. The van der Waals surface area contributed by atoms with Gasteiger partial charge in [0.1, 0.15) is 0 Å². The van der Waals surface area contributed by atoms with Gasteiger partial charge in [-0.3, -0.25) is 9.48 Å². The number of nitrogen functional groups attached to an aromatic ring is 1. The van der Waals surface area contributed by atoms with Crippen LogP contribution in [0.5, 0.6) is 0 Å². The Labute approximate surface area is 115 Å². The van der Waals surface area contributed by atoms with E-state index in [1.54, 1.807) is 4.68 Å². The number of nitrogens with two attached hydrogens (primary N) is 2. The van der Waals surface area contributed by atoms with Crippen molar-refractivity contribution in [2.24, 2.45) is 5.73 Å². The molecule has 2 aromatic carbocycles. The molecular formula is C15H14N4O. The minimum absolute atomic E-state index is 0.296. The van der Waals surface area contributed by atoms with E-state index in [1.165, 1.54) is 0 Å². The first-order valence-electron chi connectivity index (χ1n) is 6.25. The normalized spacial score (nSPS) is 10.8. The van der Waals surface area contributed by atoms with Crippen molar-refractivity contribution >= 4 is 22.5 Å². The second-order valence-corrected chi connectivity index (χ2v) is 4.63. The van der Waals surface area contributed by atoms with Gasteiger partial charge in [-0.1, -0.05) is 30.3 Å². The van der Waals surface area contributed by atoms with Gasteiger partial charge in [-0.25, -0.2) is 0 Å². The lowest BCUT2D eigenvalue weighted by atomic mass is 10.2. The highest BCUT2D eigenvalue weighted by atomic mass is 16.1. The first kappa shape index (κ1) is 12.2. The summed E-state index contributed by atoms with van der Waals surface area (Å²) in [5.74, 6) is -0.521. The van der Waals surface area contributed by atoms with Gasteiger partial charge in [0.25, 0.3) is 5.91 Å². The van der Waals surface area contributed by atoms with Crippen molar-refractivity contribution in [1.82, 2.24) is 9.78 Å². The lowest BCUT2D eigenvalue weighted by Crippen LogP contribution is -2.13. The zero-order valence-corrected chi connectivity index (χ0v) is 10.8. The summed E-state index contributed by atoms with van der Waals surface area (Å²) in [5.41, 5.74) is 14.1. The summed E-state index contributed by atoms with van der Waals surface area (Å²) in [6, 6.07) is 15.1. The van der Waals surface area contributed by atoms with Crippen LogP contribution in [-0.2, 0) is 6.54 Å². The second kappa shape index (κ2) is 4.70. The number of nitrogens with zero attached hydrogens (tertiary/aromatic N) is 2. The molecule has 5 nitrogen and oxygen atoms in total. The van der Waals surface area contributed by atoms with Gasteiger partial charge in [-0.2, -0.15) is 5.10 Å². The summed E-state index contributed by atoms with van der Waals surface area (Å²) >= 11 is 0. The Balaban J connectivity index is 2.10. The number of carbonyl (C=O) groups is 1. The van der Waals surface area contributed by atoms with Gasteiger partial charge in [0, 0.05) is 11.1 Å². The van der Waals surface area contributed by atoms with Crippen LogP contribution in [0.4, 0.5) is 5.69 Å². The highest BCUT2D eigenvalue weighted by molar-refractivity contribution is 6.04. The second-order valence-electron chi connectivity index (χ2n) is 4.63. The number of fused-ring (bicyclic) bond motifs is 1. The van der Waals surface area contributed by atoms with E-state index in [1.807, 2.05) is 48.5 Å². The summed E-state index contributed by atoms with van der Waals surface area (Å²) in [7, 11) is 0. The van der Waals surface area contributed by atoms with E-state index in [0.29, 0.717) is 17.9 Å². The number of anilines is 1. The minimum atomic E-state index is -0.521. The molecule has 0 bridgehead atoms. The van der Waals surface area contributed by atoms with E-state index >= 15 is 0 Å². The molecule has 20 heavy (non-hydrogen) atoms. The van der Waals surface area contributed by atoms with Crippen molar-refractivity contribution in [3.63, 3.8) is 0 Å². The highest BCUT2D eigenvalue weighted by Crippen LogP contribution is 2.19. The van der Waals surface area contributed by atoms with Crippen molar-refractivity contribution in [2.45, 2.75) is 6.54 Å². The van der Waals surface area contributed by atoms with E-state index in [2.05, 4.69) is 5.10 Å². The number of primary amides is 1. The van der Waals surface area contributed by atoms with Crippen LogP contribution in [0.2, 0.25) is 0 Å². The average Bonchev–Trinajstić information content (AvgIpc) is 2.78. The quantitative estimate of drug-likeness (QED) is 0.708. The first-order chi connectivity index (χ1) is 9.65. The van der Waals surface area contributed by atoms with Crippen LogP contribution < -0.4 is 11.5 Å². The van der Waals surface area contributed by atoms with Crippen LogP contribution in [0.15, 0.2) is 48.5 Å². The number of carbonyl (C=O) groups excluding carboxylic acids is 1. The molecule has 0 saturated heterocycles. The number of aromatic nitrogens is 2. The third-order valence-electron chi connectivity index (χ3n) is 3.17. The smallest absolute Gasteiger partial charge is 0.269 e. The molecule has 4 N–H and O–H groups in total. The average molecular weight is 266 g/mol. The fourth-order valence-electron chi connectivity index (χ4n) is 2.29. The minimum Gasteiger partial charge on any atom is -0.399 e. The number of rotatable bonds is 3. The Morgan fingerprint density at radius 3 is 2.70 bits per heavy atom. The van der Waals surface area contributed by atoms with Gasteiger partial charge < -0.3 is 11.5 Å². The van der Waals surface area contributed by atoms with E-state index < -0.39 is 5.91 Å². The molecular weight excluding hydrogens is 252 g/mol. The number of benzene rings is 2. The van der Waals surface area contributed by atoms with Gasteiger partial charge in [0.2, 0.25) is 0 Å². The van der Waals surface area contributed by atoms with Crippen LogP contribution in [0.25, 0.3) is 10.9 Å². The molecule has 5 heteroatoms. The lowest BCUT2D eigenvalue weighted by molar-refractivity contribution is 0.0996. The number of hydrogen-bond donors (Lipinski definition) is 2. The monoisotopic (exact) mass is 266 g/mol. The van der Waals surface area contributed by atoms with Crippen molar-refractivity contribution in [1.29, 1.82) is 0 Å². The SMILES string of the molecule is NC(=O)c1nn(Cc2cccc(N)c2)c2ccccc12. The fraction of sp³-hybridized carbons (Fsp3) is 0.0667. The van der Waals surface area contributed by atoms with E-state index in [-0.39, 0.29) is 0 Å². The molecule has 3 aromatic rings. The summed E-state index contributed by atoms with van der Waals surface area (Å²) in [6.45, 7) is 0.541.